The van der Waals surface area contributed by atoms with Gasteiger partial charge in [0.2, 0.25) is 0 Å². The Balaban J connectivity index is 1.93. The summed E-state index contributed by atoms with van der Waals surface area (Å²) in [6.45, 7) is 7.80. The number of nitrogens with one attached hydrogen (secondary N) is 2. The monoisotopic (exact) mass is 355 g/mol. The summed E-state index contributed by atoms with van der Waals surface area (Å²) in [5.74, 6) is 1.77. The fraction of sp³-hybridized carbons (Fsp3) is 0.625. The van der Waals surface area contributed by atoms with Crippen LogP contribution in [-0.2, 0) is 0 Å². The number of guanidine groups is 1. The molecule has 5 nitrogen and oxygen atoms in total. The highest BCUT2D eigenvalue weighted by atomic mass is 35.5. The van der Waals surface area contributed by atoms with Crippen molar-refractivity contribution in [2.45, 2.75) is 31.6 Å². The Morgan fingerprint density at radius 1 is 1.61 bits per heavy atom. The lowest BCUT2D eigenvalue weighted by molar-refractivity contribution is 0.648. The predicted molar refractivity (Wildman–Crippen MR) is 102 cm³/mol. The van der Waals surface area contributed by atoms with Crippen molar-refractivity contribution in [3.05, 3.63) is 23.4 Å². The van der Waals surface area contributed by atoms with Crippen molar-refractivity contribution >= 4 is 35.1 Å². The van der Waals surface area contributed by atoms with E-state index in [1.54, 1.807) is 6.20 Å². The highest BCUT2D eigenvalue weighted by Crippen LogP contribution is 2.25. The molecule has 0 spiro atoms. The second-order valence-corrected chi connectivity index (χ2v) is 7.33. The molecule has 2 rings (SSSR count). The van der Waals surface area contributed by atoms with Crippen LogP contribution in [0.3, 0.4) is 0 Å². The normalized spacial score (nSPS) is 19.7. The summed E-state index contributed by atoms with van der Waals surface area (Å²) in [7, 11) is 0. The van der Waals surface area contributed by atoms with Crippen LogP contribution in [0.4, 0.5) is 5.82 Å². The fourth-order valence-electron chi connectivity index (χ4n) is 2.49. The minimum atomic E-state index is 0.357. The van der Waals surface area contributed by atoms with Crippen molar-refractivity contribution in [3.63, 3.8) is 0 Å². The van der Waals surface area contributed by atoms with Crippen LogP contribution in [0.5, 0.6) is 0 Å². The minimum Gasteiger partial charge on any atom is -0.357 e. The van der Waals surface area contributed by atoms with Gasteiger partial charge >= 0.3 is 0 Å². The molecule has 2 unspecified atom stereocenters. The van der Waals surface area contributed by atoms with Gasteiger partial charge in [-0.05, 0) is 31.7 Å². The number of rotatable bonds is 6. The van der Waals surface area contributed by atoms with Crippen LogP contribution in [0.1, 0.15) is 20.3 Å². The first kappa shape index (κ1) is 18.2. The zero-order valence-corrected chi connectivity index (χ0v) is 15.6. The largest absolute Gasteiger partial charge is 0.357 e. The molecule has 2 heterocycles. The maximum Gasteiger partial charge on any atom is 0.191 e. The average Bonchev–Trinajstić information content (AvgIpc) is 3.01. The molecule has 2 N–H and O–H groups in total. The van der Waals surface area contributed by atoms with Crippen molar-refractivity contribution in [1.29, 1.82) is 0 Å². The fourth-order valence-corrected chi connectivity index (χ4v) is 2.95. The first-order valence-electron chi connectivity index (χ1n) is 8.07. The number of anilines is 1. The Morgan fingerprint density at radius 3 is 3.13 bits per heavy atom. The summed E-state index contributed by atoms with van der Waals surface area (Å²) >= 11 is 8.08. The Bertz CT molecular complexity index is 525. The molecule has 1 fully saturated rings. The summed E-state index contributed by atoms with van der Waals surface area (Å²) in [5, 5.41) is 8.09. The van der Waals surface area contributed by atoms with E-state index in [-0.39, 0.29) is 0 Å². The van der Waals surface area contributed by atoms with Crippen molar-refractivity contribution in [2.75, 3.05) is 37.3 Å². The number of hydrogen-bond acceptors (Lipinski definition) is 4. The lowest BCUT2D eigenvalue weighted by Crippen LogP contribution is -2.45. The van der Waals surface area contributed by atoms with Crippen LogP contribution in [0.25, 0.3) is 0 Å². The molecular formula is C16H26ClN5S. The minimum absolute atomic E-state index is 0.357. The van der Waals surface area contributed by atoms with Gasteiger partial charge in [0.05, 0.1) is 11.6 Å². The van der Waals surface area contributed by atoms with Gasteiger partial charge in [0, 0.05) is 37.1 Å². The average molecular weight is 356 g/mol. The van der Waals surface area contributed by atoms with Gasteiger partial charge in [0.15, 0.2) is 5.96 Å². The van der Waals surface area contributed by atoms with Gasteiger partial charge in [0.25, 0.3) is 0 Å². The van der Waals surface area contributed by atoms with E-state index < -0.39 is 0 Å². The summed E-state index contributed by atoms with van der Waals surface area (Å²) in [6.07, 6.45) is 4.96. The molecule has 1 aromatic rings. The van der Waals surface area contributed by atoms with Gasteiger partial charge in [-0.2, -0.15) is 11.8 Å². The molecule has 0 amide bonds. The standard InChI is InChI=1S/C16H26ClN5S/c1-4-18-16(20-10-12(2)23-3)21-13-7-9-22(11-13)15-14(17)6-5-8-19-15/h5-6,8,12-13H,4,7,9-11H2,1-3H3,(H2,18,20,21). The number of aromatic nitrogens is 1. The molecule has 0 aliphatic carbocycles. The van der Waals surface area contributed by atoms with Gasteiger partial charge in [-0.3, -0.25) is 4.99 Å². The Labute approximate surface area is 148 Å². The number of thioether (sulfide) groups is 1. The Morgan fingerprint density at radius 2 is 2.43 bits per heavy atom. The van der Waals surface area contributed by atoms with E-state index in [4.69, 9.17) is 11.6 Å². The third kappa shape index (κ3) is 5.46. The van der Waals surface area contributed by atoms with E-state index in [1.807, 2.05) is 23.9 Å². The van der Waals surface area contributed by atoms with Crippen LogP contribution < -0.4 is 15.5 Å². The highest BCUT2D eigenvalue weighted by Gasteiger charge is 2.25. The van der Waals surface area contributed by atoms with Crippen LogP contribution in [0.15, 0.2) is 23.3 Å². The van der Waals surface area contributed by atoms with Crippen molar-refractivity contribution in [2.24, 2.45) is 4.99 Å². The summed E-state index contributed by atoms with van der Waals surface area (Å²) in [6, 6.07) is 4.11. The van der Waals surface area contributed by atoms with E-state index in [1.165, 1.54) is 0 Å². The van der Waals surface area contributed by atoms with E-state index >= 15 is 0 Å². The number of aliphatic imine (C=N–C) groups is 1. The lowest BCUT2D eigenvalue weighted by Gasteiger charge is -2.20. The third-order valence-electron chi connectivity index (χ3n) is 3.82. The summed E-state index contributed by atoms with van der Waals surface area (Å²) in [5.41, 5.74) is 0. The number of hydrogen-bond donors (Lipinski definition) is 2. The first-order chi connectivity index (χ1) is 11.1. The molecule has 1 aliphatic heterocycles. The van der Waals surface area contributed by atoms with Gasteiger partial charge in [-0.15, -0.1) is 0 Å². The van der Waals surface area contributed by atoms with Gasteiger partial charge in [-0.25, -0.2) is 4.98 Å². The molecule has 7 heteroatoms. The smallest absolute Gasteiger partial charge is 0.191 e. The molecule has 1 saturated heterocycles. The first-order valence-corrected chi connectivity index (χ1v) is 9.73. The molecule has 23 heavy (non-hydrogen) atoms. The topological polar surface area (TPSA) is 52.6 Å². The van der Waals surface area contributed by atoms with E-state index in [2.05, 4.69) is 45.6 Å². The highest BCUT2D eigenvalue weighted by molar-refractivity contribution is 7.99. The second-order valence-electron chi connectivity index (χ2n) is 5.65. The van der Waals surface area contributed by atoms with Crippen LogP contribution >= 0.6 is 23.4 Å². The SMILES string of the molecule is CCNC(=NCC(C)SC)NC1CCN(c2ncccc2Cl)C1. The van der Waals surface area contributed by atoms with E-state index in [0.29, 0.717) is 16.3 Å². The molecule has 128 valence electrons. The molecule has 0 radical (unpaired) electrons. The Kier molecular flexibility index (Phi) is 7.30. The molecular weight excluding hydrogens is 330 g/mol. The molecule has 1 aromatic heterocycles. The molecule has 0 aromatic carbocycles. The maximum absolute atomic E-state index is 6.25. The zero-order valence-electron chi connectivity index (χ0n) is 14.1. The predicted octanol–water partition coefficient (Wildman–Crippen LogP) is 2.62. The molecule has 0 saturated carbocycles. The van der Waals surface area contributed by atoms with Crippen LogP contribution in [-0.4, -0.2) is 54.7 Å². The van der Waals surface area contributed by atoms with Crippen molar-refractivity contribution < 1.29 is 0 Å². The van der Waals surface area contributed by atoms with Crippen LogP contribution in [0.2, 0.25) is 5.02 Å². The van der Waals surface area contributed by atoms with Crippen molar-refractivity contribution in [1.82, 2.24) is 15.6 Å². The van der Waals surface area contributed by atoms with Gasteiger partial charge < -0.3 is 15.5 Å². The molecule has 1 aliphatic rings. The Hall–Kier alpha value is -1.14. The number of nitrogens with zero attached hydrogens (tertiary/aromatic N) is 3. The van der Waals surface area contributed by atoms with Crippen molar-refractivity contribution in [3.8, 4) is 0 Å². The maximum atomic E-state index is 6.25. The third-order valence-corrected chi connectivity index (χ3v) is 5.07. The second kappa shape index (κ2) is 9.23. The van der Waals surface area contributed by atoms with E-state index in [0.717, 1.165) is 44.4 Å². The molecule has 0 bridgehead atoms. The number of halogens is 1. The molecule has 2 atom stereocenters. The lowest BCUT2D eigenvalue weighted by atomic mass is 10.3. The zero-order chi connectivity index (χ0) is 16.7. The number of pyridine rings is 1. The summed E-state index contributed by atoms with van der Waals surface area (Å²) in [4.78, 5) is 11.3. The quantitative estimate of drug-likeness (QED) is 0.607. The van der Waals surface area contributed by atoms with Gasteiger partial charge in [0.1, 0.15) is 5.82 Å². The van der Waals surface area contributed by atoms with Gasteiger partial charge in [-0.1, -0.05) is 18.5 Å². The van der Waals surface area contributed by atoms with Crippen LogP contribution in [0, 0.1) is 0 Å². The van der Waals surface area contributed by atoms with E-state index in [9.17, 15) is 0 Å². The summed E-state index contributed by atoms with van der Waals surface area (Å²) < 4.78 is 0.